The van der Waals surface area contributed by atoms with E-state index in [4.69, 9.17) is 50.4 Å². The summed E-state index contributed by atoms with van der Waals surface area (Å²) in [5, 5.41) is 131. The molecule has 9 rings (SSSR count). The van der Waals surface area contributed by atoms with E-state index in [2.05, 4.69) is 36.6 Å². The third-order valence-corrected chi connectivity index (χ3v) is 18.4. The van der Waals surface area contributed by atoms with Gasteiger partial charge in [-0.1, -0.05) is 72.8 Å². The number of hydrogen-bond donors (Lipinski definition) is 19. The molecule has 5 heterocycles. The highest BCUT2D eigenvalue weighted by Gasteiger charge is 2.53. The fraction of sp³-hybridized carbons (Fsp3) is 0.529. The maximum atomic E-state index is 14.4. The molecule has 3 fully saturated rings. The van der Waals surface area contributed by atoms with Crippen LogP contribution in [0.15, 0.2) is 113 Å². The van der Waals surface area contributed by atoms with Crippen molar-refractivity contribution in [2.24, 2.45) is 27.2 Å². The van der Waals surface area contributed by atoms with Crippen LogP contribution >= 0.6 is 0 Å². The molecule has 5 aliphatic heterocycles. The van der Waals surface area contributed by atoms with E-state index in [0.29, 0.717) is 29.8 Å². The van der Waals surface area contributed by atoms with Crippen LogP contribution in [0.25, 0.3) is 0 Å². The average Bonchev–Trinajstić information content (AvgIpc) is 1.40. The molecule has 22 unspecified atom stereocenters. The number of rotatable bonds is 33. The van der Waals surface area contributed by atoms with Gasteiger partial charge in [-0.3, -0.25) is 38.9 Å². The first-order valence-corrected chi connectivity index (χ1v) is 33.7. The third kappa shape index (κ3) is 19.8. The van der Waals surface area contributed by atoms with E-state index in [1.807, 2.05) is 30.3 Å². The zero-order chi connectivity index (χ0) is 75.1. The minimum Gasteiger partial charge on any atom is -0.489 e. The monoisotopic (exact) mass is 1460 g/mol. The number of anilines is 1. The number of para-hydroxylation sites is 1. The van der Waals surface area contributed by atoms with Crippen LogP contribution in [-0.4, -0.2) is 289 Å². The zero-order valence-corrected chi connectivity index (χ0v) is 56.8. The van der Waals surface area contributed by atoms with E-state index in [1.54, 1.807) is 49.4 Å². The Labute approximate surface area is 596 Å². The Kier molecular flexibility index (Phi) is 28.2. The highest BCUT2D eigenvalue weighted by molar-refractivity contribution is 6.04. The number of aryl methyl sites for hydroxylation is 1. The van der Waals surface area contributed by atoms with E-state index in [9.17, 15) is 84.9 Å². The highest BCUT2D eigenvalue weighted by Crippen LogP contribution is 2.33. The lowest BCUT2D eigenvalue weighted by Gasteiger charge is -2.46. The van der Waals surface area contributed by atoms with Crippen molar-refractivity contribution in [2.45, 2.75) is 181 Å². The predicted molar refractivity (Wildman–Crippen MR) is 364 cm³/mol. The molecule has 0 spiro atoms. The number of benzene rings is 4. The number of aliphatic hydroxyl groups is 11. The Morgan fingerprint density at radius 3 is 1.94 bits per heavy atom. The number of ether oxygens (including phenoxy) is 7. The van der Waals surface area contributed by atoms with Crippen LogP contribution in [0.3, 0.4) is 0 Å². The number of nitrogens with two attached hydrogens (primary N) is 3. The number of aliphatic hydroxyl groups excluding tert-OH is 11. The minimum atomic E-state index is -1.87. The number of carbonyl (C=O) groups excluding carboxylic acids is 6. The summed E-state index contributed by atoms with van der Waals surface area (Å²) in [6.07, 6.45) is -25.0. The Bertz CT molecular complexity index is 3570. The molecule has 22 N–H and O–H groups in total. The Hall–Kier alpha value is -8.64. The number of guanidine groups is 2. The summed E-state index contributed by atoms with van der Waals surface area (Å²) in [6, 6.07) is 20.4. The fourth-order valence-electron chi connectivity index (χ4n) is 12.5. The average molecular weight is 1460 g/mol. The van der Waals surface area contributed by atoms with Crippen molar-refractivity contribution < 1.29 is 118 Å². The van der Waals surface area contributed by atoms with E-state index in [0.717, 1.165) is 16.0 Å². The molecule has 0 saturated carbocycles. The molecule has 5 amide bonds. The lowest BCUT2D eigenvalue weighted by Crippen LogP contribution is -2.66. The summed E-state index contributed by atoms with van der Waals surface area (Å²) in [5.41, 5.74) is 21.2. The second-order valence-electron chi connectivity index (χ2n) is 25.8. The summed E-state index contributed by atoms with van der Waals surface area (Å²) in [7, 11) is 0. The van der Waals surface area contributed by atoms with Gasteiger partial charge in [-0.05, 0) is 85.7 Å². The van der Waals surface area contributed by atoms with Crippen molar-refractivity contribution in [1.29, 1.82) is 0 Å². The van der Waals surface area contributed by atoms with Gasteiger partial charge in [0.2, 0.25) is 35.8 Å². The van der Waals surface area contributed by atoms with Gasteiger partial charge in [0.15, 0.2) is 24.4 Å². The summed E-state index contributed by atoms with van der Waals surface area (Å²) in [4.78, 5) is 93.6. The molecular weight excluding hydrogens is 1370 g/mol. The van der Waals surface area contributed by atoms with E-state index in [-0.39, 0.29) is 62.5 Å². The Morgan fingerprint density at radius 2 is 1.28 bits per heavy atom. The molecular formula is C68H92N12O24. The van der Waals surface area contributed by atoms with Crippen LogP contribution in [-0.2, 0) is 72.1 Å². The van der Waals surface area contributed by atoms with Crippen molar-refractivity contribution in [3.63, 3.8) is 0 Å². The number of aldehydes is 1. The molecule has 36 heteroatoms. The highest BCUT2D eigenvalue weighted by atomic mass is 16.7. The van der Waals surface area contributed by atoms with E-state index < -0.39 is 197 Å². The van der Waals surface area contributed by atoms with Crippen LogP contribution < -0.4 is 58.2 Å². The number of nitrogens with zero attached hydrogens (tertiary/aromatic N) is 4. The van der Waals surface area contributed by atoms with Gasteiger partial charge in [0, 0.05) is 5.69 Å². The summed E-state index contributed by atoms with van der Waals surface area (Å²) < 4.78 is 40.8. The van der Waals surface area contributed by atoms with E-state index in [1.165, 1.54) is 42.2 Å². The van der Waals surface area contributed by atoms with Gasteiger partial charge in [-0.25, -0.2) is 0 Å². The second-order valence-corrected chi connectivity index (χ2v) is 25.8. The minimum absolute atomic E-state index is 0.00368. The summed E-state index contributed by atoms with van der Waals surface area (Å²) in [5.74, 6) is -4.11. The van der Waals surface area contributed by atoms with Crippen molar-refractivity contribution in [2.75, 3.05) is 51.0 Å². The van der Waals surface area contributed by atoms with Gasteiger partial charge in [0.25, 0.3) is 0 Å². The van der Waals surface area contributed by atoms with E-state index >= 15 is 0 Å². The molecule has 568 valence electrons. The molecule has 4 aromatic rings. The topological polar surface area (TPSA) is 559 Å². The van der Waals surface area contributed by atoms with Gasteiger partial charge in [0.1, 0.15) is 116 Å². The molecule has 36 nitrogen and oxygen atoms in total. The van der Waals surface area contributed by atoms with Crippen LogP contribution in [0.5, 0.6) is 11.5 Å². The van der Waals surface area contributed by atoms with Gasteiger partial charge in [-0.2, -0.15) is 0 Å². The number of aliphatic imine (C=N–C) groups is 2. The Morgan fingerprint density at radius 1 is 0.654 bits per heavy atom. The predicted octanol–water partition coefficient (Wildman–Crippen LogP) is -7.28. The van der Waals surface area contributed by atoms with Gasteiger partial charge < -0.3 is 143 Å². The lowest BCUT2D eigenvalue weighted by molar-refractivity contribution is -0.353. The molecule has 0 aliphatic carbocycles. The molecule has 5 aliphatic rings. The number of hydrogen-bond acceptors (Lipinski definition) is 31. The third-order valence-electron chi connectivity index (χ3n) is 18.4. The zero-order valence-electron chi connectivity index (χ0n) is 56.8. The van der Waals surface area contributed by atoms with Crippen LogP contribution in [0.1, 0.15) is 42.0 Å². The van der Waals surface area contributed by atoms with Gasteiger partial charge >= 0.3 is 0 Å². The Balaban J connectivity index is 0.777. The maximum Gasteiger partial charge on any atom is 0.247 e. The van der Waals surface area contributed by atoms with Crippen LogP contribution in [0, 0.1) is 6.92 Å². The molecule has 0 radical (unpaired) electrons. The summed E-state index contributed by atoms with van der Waals surface area (Å²) >= 11 is 0. The standard InChI is InChI=1S/C68H92N12O24/c1-33-8-6-7-11-46(33)79(50(85)25-72-62(96)45(27-82)78-63(97)44(77-61(95)43(69)21-38-23-73-67(70)76-38)22-40-24-74-68(71)80(40)64-56(91)53(88)51(86)47(28-83)101-64)34(2)60(94)75-39(26-81)20-35-12-18-42(19-13-35)100-65-58(93)55(90)59(48(29-84)102-65)104-66-57(92)54(89)52(87)49(103-66)32-98-30-37-14-16-41(17-15-37)99-31-36-9-4-3-5-10-36/h3-19,26,34,38-40,43-45,47-49,51-59,64-66,82-84,86-93H,20-25,27-32,69H2,1-2H3,(H2,71,74)(H,72,96)(H,75,94)(H,77,95)(H,78,97)(H3,70,73,76). The maximum absolute atomic E-state index is 14.4. The molecule has 3 saturated heterocycles. The second kappa shape index (κ2) is 36.9. The molecule has 0 aromatic heterocycles. The van der Waals surface area contributed by atoms with Gasteiger partial charge in [-0.15, -0.1) is 0 Å². The first kappa shape index (κ1) is 79.5. The first-order valence-electron chi connectivity index (χ1n) is 33.7. The SMILES string of the molecule is Cc1ccccc1N(C(=O)CNC(=O)C(CO)NC(=O)C(CC1CN=C(N)N1C1OC(CO)C(O)C(O)C1O)NC(=O)C(N)CC1CN=C(N)N1)C(C)C(=O)NC(C=O)Cc1ccc(OC2OC(CO)C(OC3OC(COCc4ccc(OCc5ccccc5)cc4)C(O)C(O)C3O)C(O)C2O)cc1. The quantitative estimate of drug-likeness (QED) is 0.0197. The number of carbonyl (C=O) groups is 6. The van der Waals surface area contributed by atoms with Crippen molar-refractivity contribution in [3.05, 3.63) is 125 Å². The normalized spacial score (nSPS) is 28.9. The molecule has 22 atom stereocenters. The smallest absolute Gasteiger partial charge is 0.247 e. The number of amides is 5. The summed E-state index contributed by atoms with van der Waals surface area (Å²) in [6.45, 7) is -0.267. The molecule has 4 aromatic carbocycles. The van der Waals surface area contributed by atoms with Crippen LogP contribution in [0.2, 0.25) is 0 Å². The largest absolute Gasteiger partial charge is 0.489 e. The lowest BCUT2D eigenvalue weighted by atomic mass is 9.96. The van der Waals surface area contributed by atoms with Crippen LogP contribution in [0.4, 0.5) is 5.69 Å². The van der Waals surface area contributed by atoms with Crippen molar-refractivity contribution in [1.82, 2.24) is 31.5 Å². The number of nitrogens with one attached hydrogen (secondary N) is 5. The van der Waals surface area contributed by atoms with Crippen molar-refractivity contribution in [3.8, 4) is 11.5 Å². The van der Waals surface area contributed by atoms with Gasteiger partial charge in [0.05, 0.1) is 76.8 Å². The fourth-order valence-corrected chi connectivity index (χ4v) is 12.5. The molecule has 104 heavy (non-hydrogen) atoms. The first-order chi connectivity index (χ1) is 49.8. The molecule has 0 bridgehead atoms. The van der Waals surface area contributed by atoms with Crippen molar-refractivity contribution >= 4 is 53.4 Å².